The van der Waals surface area contributed by atoms with Gasteiger partial charge in [0.05, 0.1) is 12.2 Å². The number of carbonyl (C=O) groups excluding carboxylic acids is 1. The minimum absolute atomic E-state index is 0.132. The number of nitrogens with zero attached hydrogens (tertiary/aromatic N) is 5. The van der Waals surface area contributed by atoms with Crippen LogP contribution in [0.25, 0.3) is 0 Å². The number of likely N-dealkylation sites (tertiary alicyclic amines) is 1. The SMILES string of the molecule is Cc1ccc(C(=O)N2CCCn3nnc(CN4CCCCC4)c3C2)cc1F. The van der Waals surface area contributed by atoms with Gasteiger partial charge in [0.1, 0.15) is 11.5 Å². The van der Waals surface area contributed by atoms with Gasteiger partial charge in [0, 0.05) is 25.2 Å². The van der Waals surface area contributed by atoms with Gasteiger partial charge in [0.15, 0.2) is 0 Å². The molecule has 1 saturated heterocycles. The smallest absolute Gasteiger partial charge is 0.254 e. The highest BCUT2D eigenvalue weighted by Crippen LogP contribution is 2.20. The Kier molecular flexibility index (Phi) is 5.20. The molecule has 0 spiro atoms. The lowest BCUT2D eigenvalue weighted by Gasteiger charge is -2.26. The number of carbonyl (C=O) groups is 1. The topological polar surface area (TPSA) is 54.3 Å². The summed E-state index contributed by atoms with van der Waals surface area (Å²) >= 11 is 0. The maximum absolute atomic E-state index is 13.9. The zero-order valence-electron chi connectivity index (χ0n) is 15.8. The Morgan fingerprint density at radius 2 is 1.93 bits per heavy atom. The second kappa shape index (κ2) is 7.76. The highest BCUT2D eigenvalue weighted by molar-refractivity contribution is 5.94. The number of aryl methyl sites for hydroxylation is 2. The number of aromatic nitrogens is 3. The van der Waals surface area contributed by atoms with Crippen molar-refractivity contribution in [2.75, 3.05) is 19.6 Å². The first-order chi connectivity index (χ1) is 13.1. The quantitative estimate of drug-likeness (QED) is 0.833. The van der Waals surface area contributed by atoms with Crippen molar-refractivity contribution in [3.63, 3.8) is 0 Å². The fourth-order valence-corrected chi connectivity index (χ4v) is 3.93. The van der Waals surface area contributed by atoms with E-state index in [1.165, 1.54) is 25.3 Å². The van der Waals surface area contributed by atoms with Gasteiger partial charge in [0.2, 0.25) is 0 Å². The molecule has 2 aromatic rings. The standard InChI is InChI=1S/C20H26FN5O/c1-15-6-7-16(12-17(15)21)20(27)25-10-5-11-26-19(14-25)18(22-23-26)13-24-8-3-2-4-9-24/h6-7,12H,2-5,8-11,13-14H2,1H3. The number of halogens is 1. The highest BCUT2D eigenvalue weighted by atomic mass is 19.1. The van der Waals surface area contributed by atoms with Crippen molar-refractivity contribution in [1.82, 2.24) is 24.8 Å². The number of fused-ring (bicyclic) bond motifs is 1. The summed E-state index contributed by atoms with van der Waals surface area (Å²) in [5, 5.41) is 8.72. The van der Waals surface area contributed by atoms with Gasteiger partial charge in [-0.3, -0.25) is 9.69 Å². The van der Waals surface area contributed by atoms with Crippen molar-refractivity contribution in [2.45, 2.75) is 52.2 Å². The molecule has 144 valence electrons. The monoisotopic (exact) mass is 371 g/mol. The average Bonchev–Trinajstić information content (AvgIpc) is 2.92. The Morgan fingerprint density at radius 3 is 2.70 bits per heavy atom. The molecule has 2 aliphatic rings. The third-order valence-corrected chi connectivity index (χ3v) is 5.58. The van der Waals surface area contributed by atoms with Crippen LogP contribution >= 0.6 is 0 Å². The first kappa shape index (κ1) is 18.1. The molecule has 4 rings (SSSR count). The van der Waals surface area contributed by atoms with Crippen LogP contribution < -0.4 is 0 Å². The normalized spacial score (nSPS) is 18.2. The van der Waals surface area contributed by atoms with E-state index in [1.54, 1.807) is 24.0 Å². The van der Waals surface area contributed by atoms with Crippen LogP contribution in [0.3, 0.4) is 0 Å². The van der Waals surface area contributed by atoms with Gasteiger partial charge in [-0.15, -0.1) is 5.10 Å². The molecule has 0 bridgehead atoms. The molecule has 0 aliphatic carbocycles. The van der Waals surface area contributed by atoms with Gasteiger partial charge in [-0.2, -0.15) is 0 Å². The fourth-order valence-electron chi connectivity index (χ4n) is 3.93. The van der Waals surface area contributed by atoms with Crippen LogP contribution in [0.1, 0.15) is 53.0 Å². The molecule has 0 atom stereocenters. The van der Waals surface area contributed by atoms with E-state index in [4.69, 9.17) is 0 Å². The van der Waals surface area contributed by atoms with Crippen molar-refractivity contribution >= 4 is 5.91 Å². The van der Waals surface area contributed by atoms with Gasteiger partial charge in [-0.1, -0.05) is 17.7 Å². The summed E-state index contributed by atoms with van der Waals surface area (Å²) < 4.78 is 15.8. The fraction of sp³-hybridized carbons (Fsp3) is 0.550. The van der Waals surface area contributed by atoms with E-state index in [0.717, 1.165) is 44.0 Å². The number of amides is 1. The maximum atomic E-state index is 13.9. The van der Waals surface area contributed by atoms with Crippen molar-refractivity contribution < 1.29 is 9.18 Å². The molecule has 1 fully saturated rings. The van der Waals surface area contributed by atoms with E-state index in [1.807, 2.05) is 4.68 Å². The van der Waals surface area contributed by atoms with Gasteiger partial charge >= 0.3 is 0 Å². The number of piperidine rings is 1. The van der Waals surface area contributed by atoms with Crippen LogP contribution in [0.15, 0.2) is 18.2 Å². The second-order valence-corrected chi connectivity index (χ2v) is 7.59. The Labute approximate surface area is 158 Å². The molecule has 2 aliphatic heterocycles. The number of hydrogen-bond acceptors (Lipinski definition) is 4. The van der Waals surface area contributed by atoms with Crippen LogP contribution in [-0.4, -0.2) is 50.3 Å². The highest BCUT2D eigenvalue weighted by Gasteiger charge is 2.25. The van der Waals surface area contributed by atoms with E-state index >= 15 is 0 Å². The molecule has 0 radical (unpaired) electrons. The molecule has 6 nitrogen and oxygen atoms in total. The average molecular weight is 371 g/mol. The summed E-state index contributed by atoms with van der Waals surface area (Å²) in [5.74, 6) is -0.472. The van der Waals surface area contributed by atoms with Crippen LogP contribution in [0.2, 0.25) is 0 Å². The lowest BCUT2D eigenvalue weighted by atomic mass is 10.1. The van der Waals surface area contributed by atoms with Crippen LogP contribution in [0, 0.1) is 12.7 Å². The molecule has 0 saturated carbocycles. The third kappa shape index (κ3) is 3.88. The number of rotatable bonds is 3. The van der Waals surface area contributed by atoms with E-state index in [0.29, 0.717) is 24.2 Å². The van der Waals surface area contributed by atoms with E-state index in [-0.39, 0.29) is 11.7 Å². The van der Waals surface area contributed by atoms with Crippen LogP contribution in [0.4, 0.5) is 4.39 Å². The van der Waals surface area contributed by atoms with Crippen molar-refractivity contribution in [1.29, 1.82) is 0 Å². The molecule has 27 heavy (non-hydrogen) atoms. The van der Waals surface area contributed by atoms with E-state index in [2.05, 4.69) is 15.2 Å². The molecular formula is C20H26FN5O. The number of hydrogen-bond donors (Lipinski definition) is 0. The number of benzene rings is 1. The molecule has 3 heterocycles. The molecule has 1 aromatic carbocycles. The third-order valence-electron chi connectivity index (χ3n) is 5.58. The van der Waals surface area contributed by atoms with Crippen LogP contribution in [0.5, 0.6) is 0 Å². The van der Waals surface area contributed by atoms with Crippen LogP contribution in [-0.2, 0) is 19.6 Å². The second-order valence-electron chi connectivity index (χ2n) is 7.59. The summed E-state index contributed by atoms with van der Waals surface area (Å²) in [5.41, 5.74) is 2.93. The zero-order chi connectivity index (χ0) is 18.8. The summed E-state index contributed by atoms with van der Waals surface area (Å²) in [6, 6.07) is 4.70. The van der Waals surface area contributed by atoms with Crippen molar-refractivity contribution in [2.24, 2.45) is 0 Å². The zero-order valence-corrected chi connectivity index (χ0v) is 15.8. The Balaban J connectivity index is 1.53. The Bertz CT molecular complexity index is 828. The summed E-state index contributed by atoms with van der Waals surface area (Å²) in [4.78, 5) is 17.2. The molecular weight excluding hydrogens is 345 g/mol. The lowest BCUT2D eigenvalue weighted by Crippen LogP contribution is -2.32. The Morgan fingerprint density at radius 1 is 1.11 bits per heavy atom. The predicted octanol–water partition coefficient (Wildman–Crippen LogP) is 2.76. The first-order valence-corrected chi connectivity index (χ1v) is 9.81. The van der Waals surface area contributed by atoms with Crippen molar-refractivity contribution in [3.05, 3.63) is 46.5 Å². The minimum atomic E-state index is -0.340. The summed E-state index contributed by atoms with van der Waals surface area (Å²) in [6.07, 6.45) is 4.57. The molecule has 1 aromatic heterocycles. The van der Waals surface area contributed by atoms with Gasteiger partial charge in [0.25, 0.3) is 5.91 Å². The molecule has 7 heteroatoms. The predicted molar refractivity (Wildman–Crippen MR) is 99.6 cm³/mol. The van der Waals surface area contributed by atoms with Gasteiger partial charge in [-0.25, -0.2) is 9.07 Å². The van der Waals surface area contributed by atoms with E-state index in [9.17, 15) is 9.18 Å². The largest absolute Gasteiger partial charge is 0.333 e. The molecule has 1 amide bonds. The van der Waals surface area contributed by atoms with Gasteiger partial charge in [-0.05, 0) is 57.0 Å². The summed E-state index contributed by atoms with van der Waals surface area (Å²) in [7, 11) is 0. The first-order valence-electron chi connectivity index (χ1n) is 9.81. The minimum Gasteiger partial charge on any atom is -0.333 e. The molecule has 0 unspecified atom stereocenters. The molecule has 0 N–H and O–H groups in total. The Hall–Kier alpha value is -2.28. The maximum Gasteiger partial charge on any atom is 0.254 e. The lowest BCUT2D eigenvalue weighted by molar-refractivity contribution is 0.0744. The summed E-state index contributed by atoms with van der Waals surface area (Å²) in [6.45, 7) is 6.55. The van der Waals surface area contributed by atoms with E-state index < -0.39 is 0 Å². The van der Waals surface area contributed by atoms with Crippen molar-refractivity contribution in [3.8, 4) is 0 Å². The van der Waals surface area contributed by atoms with Gasteiger partial charge < -0.3 is 4.90 Å².